The molecule has 1 N–H and O–H groups in total. The van der Waals surface area contributed by atoms with Gasteiger partial charge in [0.25, 0.3) is 0 Å². The van der Waals surface area contributed by atoms with Crippen LogP contribution < -0.4 is 5.32 Å². The first kappa shape index (κ1) is 24.3. The molecule has 0 unspecified atom stereocenters. The number of nitrogens with one attached hydrogen (secondary N) is 1. The molecule has 3 rings (SSSR count). The van der Waals surface area contributed by atoms with Crippen molar-refractivity contribution in [1.29, 1.82) is 0 Å². The van der Waals surface area contributed by atoms with Crippen molar-refractivity contribution in [3.63, 3.8) is 0 Å². The van der Waals surface area contributed by atoms with Gasteiger partial charge in [0.15, 0.2) is 0 Å². The first-order valence-electron chi connectivity index (χ1n) is 12.1. The van der Waals surface area contributed by atoms with Crippen LogP contribution in [0.5, 0.6) is 0 Å². The van der Waals surface area contributed by atoms with Crippen molar-refractivity contribution < 1.29 is 19.0 Å². The highest BCUT2D eigenvalue weighted by atomic mass is 16.5. The summed E-state index contributed by atoms with van der Waals surface area (Å²) in [6.07, 6.45) is 7.20. The van der Waals surface area contributed by atoms with Crippen molar-refractivity contribution in [3.8, 4) is 11.1 Å². The molecule has 0 bridgehead atoms. The first-order chi connectivity index (χ1) is 15.8. The summed E-state index contributed by atoms with van der Waals surface area (Å²) in [6, 6.07) is 16.6. The summed E-state index contributed by atoms with van der Waals surface area (Å²) in [7, 11) is 0. The minimum Gasteiger partial charge on any atom is -0.449 e. The Hall–Kier alpha value is -2.37. The highest BCUT2D eigenvalue weighted by molar-refractivity contribution is 5.79. The van der Waals surface area contributed by atoms with E-state index in [9.17, 15) is 4.79 Å². The zero-order valence-corrected chi connectivity index (χ0v) is 19.3. The molecule has 0 atom stereocenters. The number of carbonyl (C=O) groups excluding carboxylic acids is 1. The summed E-state index contributed by atoms with van der Waals surface area (Å²) in [5.41, 5.74) is 4.88. The number of alkyl carbamates (subject to hydrolysis) is 1. The minimum atomic E-state index is -0.408. The second kappa shape index (κ2) is 13.9. The molecule has 0 saturated carbocycles. The second-order valence-electron chi connectivity index (χ2n) is 8.24. The molecule has 2 aromatic rings. The molecule has 0 heterocycles. The summed E-state index contributed by atoms with van der Waals surface area (Å²) >= 11 is 0. The predicted octanol–water partition coefficient (Wildman–Crippen LogP) is 5.92. The lowest BCUT2D eigenvalue weighted by Gasteiger charge is -2.14. The smallest absolute Gasteiger partial charge is 0.407 e. The van der Waals surface area contributed by atoms with Gasteiger partial charge in [0.1, 0.15) is 6.61 Å². The molecule has 0 radical (unpaired) electrons. The number of hydrogen-bond donors (Lipinski definition) is 1. The van der Waals surface area contributed by atoms with Gasteiger partial charge < -0.3 is 19.5 Å². The van der Waals surface area contributed by atoms with E-state index in [-0.39, 0.29) is 5.92 Å². The maximum Gasteiger partial charge on any atom is 0.407 e. The Morgan fingerprint density at radius 3 is 2.06 bits per heavy atom. The van der Waals surface area contributed by atoms with Crippen molar-refractivity contribution in [2.75, 3.05) is 39.6 Å². The number of amides is 1. The number of ether oxygens (including phenoxy) is 3. The van der Waals surface area contributed by atoms with Gasteiger partial charge in [0, 0.05) is 19.1 Å². The molecule has 0 saturated heterocycles. The molecule has 1 aliphatic carbocycles. The average molecular weight is 440 g/mol. The van der Waals surface area contributed by atoms with Gasteiger partial charge in [-0.25, -0.2) is 4.79 Å². The third-order valence-electron chi connectivity index (χ3n) is 5.87. The lowest BCUT2D eigenvalue weighted by atomic mass is 9.98. The number of hydrogen-bond acceptors (Lipinski definition) is 4. The molecule has 0 aromatic heterocycles. The zero-order chi connectivity index (χ0) is 22.4. The minimum absolute atomic E-state index is 0.0770. The molecule has 174 valence electrons. The summed E-state index contributed by atoms with van der Waals surface area (Å²) < 4.78 is 16.6. The van der Waals surface area contributed by atoms with Gasteiger partial charge in [-0.05, 0) is 28.7 Å². The molecule has 0 spiro atoms. The van der Waals surface area contributed by atoms with E-state index in [4.69, 9.17) is 14.2 Å². The molecule has 1 aliphatic rings. The molecular formula is C27H37NO4. The Bertz CT molecular complexity index is 777. The van der Waals surface area contributed by atoms with Crippen LogP contribution in [-0.4, -0.2) is 45.7 Å². The third-order valence-corrected chi connectivity index (χ3v) is 5.87. The van der Waals surface area contributed by atoms with Crippen molar-refractivity contribution in [3.05, 3.63) is 59.7 Å². The number of fused-ring (bicyclic) bond motifs is 3. The number of carbonyl (C=O) groups is 1. The number of rotatable bonds is 15. The summed E-state index contributed by atoms with van der Waals surface area (Å²) in [5.74, 6) is 0.0770. The van der Waals surface area contributed by atoms with E-state index < -0.39 is 6.09 Å². The SMILES string of the molecule is CCCCCCCCOCCOCCNC(=O)OCC1c2ccccc2-c2ccccc21. The van der Waals surface area contributed by atoms with Crippen molar-refractivity contribution >= 4 is 6.09 Å². The van der Waals surface area contributed by atoms with Gasteiger partial charge in [0.2, 0.25) is 0 Å². The second-order valence-corrected chi connectivity index (χ2v) is 8.24. The van der Waals surface area contributed by atoms with Crippen LogP contribution in [0.2, 0.25) is 0 Å². The van der Waals surface area contributed by atoms with Gasteiger partial charge in [0.05, 0.1) is 19.8 Å². The van der Waals surface area contributed by atoms with Crippen LogP contribution in [0.4, 0.5) is 4.79 Å². The van der Waals surface area contributed by atoms with Gasteiger partial charge in [-0.3, -0.25) is 0 Å². The van der Waals surface area contributed by atoms with Crippen LogP contribution in [0, 0.1) is 0 Å². The van der Waals surface area contributed by atoms with E-state index in [1.807, 2.05) is 24.3 Å². The summed E-state index contributed by atoms with van der Waals surface area (Å²) in [5, 5.41) is 2.76. The summed E-state index contributed by atoms with van der Waals surface area (Å²) in [4.78, 5) is 12.1. The highest BCUT2D eigenvalue weighted by Gasteiger charge is 2.28. The van der Waals surface area contributed by atoms with Crippen LogP contribution in [0.15, 0.2) is 48.5 Å². The van der Waals surface area contributed by atoms with Gasteiger partial charge in [-0.15, -0.1) is 0 Å². The maximum atomic E-state index is 12.1. The lowest BCUT2D eigenvalue weighted by molar-refractivity contribution is 0.0468. The molecule has 0 aliphatic heterocycles. The van der Waals surface area contributed by atoms with Crippen molar-refractivity contribution in [2.45, 2.75) is 51.4 Å². The molecule has 0 fully saturated rings. The Morgan fingerprint density at radius 2 is 1.38 bits per heavy atom. The lowest BCUT2D eigenvalue weighted by Crippen LogP contribution is -2.29. The summed E-state index contributed by atoms with van der Waals surface area (Å²) in [6.45, 7) is 5.37. The largest absolute Gasteiger partial charge is 0.449 e. The van der Waals surface area contributed by atoms with E-state index in [0.717, 1.165) is 13.0 Å². The van der Waals surface area contributed by atoms with E-state index in [1.54, 1.807) is 0 Å². The molecule has 5 nitrogen and oxygen atoms in total. The third kappa shape index (κ3) is 7.35. The Labute approximate surface area is 192 Å². The van der Waals surface area contributed by atoms with Crippen LogP contribution in [0.3, 0.4) is 0 Å². The Kier molecular flexibility index (Phi) is 10.6. The number of benzene rings is 2. The van der Waals surface area contributed by atoms with E-state index in [2.05, 4.69) is 36.5 Å². The Balaban J connectivity index is 1.23. The topological polar surface area (TPSA) is 56.8 Å². The maximum absolute atomic E-state index is 12.1. The van der Waals surface area contributed by atoms with E-state index >= 15 is 0 Å². The monoisotopic (exact) mass is 439 g/mol. The quantitative estimate of drug-likeness (QED) is 0.350. The zero-order valence-electron chi connectivity index (χ0n) is 19.3. The molecule has 32 heavy (non-hydrogen) atoms. The molecule has 1 amide bonds. The highest BCUT2D eigenvalue weighted by Crippen LogP contribution is 2.44. The Morgan fingerprint density at radius 1 is 0.781 bits per heavy atom. The van der Waals surface area contributed by atoms with Crippen LogP contribution in [-0.2, 0) is 14.2 Å². The number of unbranched alkanes of at least 4 members (excludes halogenated alkanes) is 5. The van der Waals surface area contributed by atoms with E-state index in [1.165, 1.54) is 54.4 Å². The fraction of sp³-hybridized carbons (Fsp3) is 0.519. The van der Waals surface area contributed by atoms with Crippen molar-refractivity contribution in [2.24, 2.45) is 0 Å². The van der Waals surface area contributed by atoms with Gasteiger partial charge >= 0.3 is 6.09 Å². The molecule has 2 aromatic carbocycles. The standard InChI is InChI=1S/C27H37NO4/c1-2-3-4-5-6-11-17-30-19-20-31-18-16-28-27(29)32-21-26-24-14-9-7-12-22(24)23-13-8-10-15-25(23)26/h7-10,12-15,26H,2-6,11,16-21H2,1H3,(H,28,29). The molecule has 5 heteroatoms. The first-order valence-corrected chi connectivity index (χ1v) is 12.1. The van der Waals surface area contributed by atoms with Crippen molar-refractivity contribution in [1.82, 2.24) is 5.32 Å². The normalized spacial score (nSPS) is 12.4. The van der Waals surface area contributed by atoms with Gasteiger partial charge in [-0.1, -0.05) is 87.6 Å². The molecular weight excluding hydrogens is 402 g/mol. The van der Waals surface area contributed by atoms with Crippen LogP contribution >= 0.6 is 0 Å². The van der Waals surface area contributed by atoms with Gasteiger partial charge in [-0.2, -0.15) is 0 Å². The predicted molar refractivity (Wildman–Crippen MR) is 128 cm³/mol. The fourth-order valence-electron chi connectivity index (χ4n) is 4.18. The average Bonchev–Trinajstić information content (AvgIpc) is 3.14. The fourth-order valence-corrected chi connectivity index (χ4v) is 4.18. The van der Waals surface area contributed by atoms with Crippen LogP contribution in [0.25, 0.3) is 11.1 Å². The van der Waals surface area contributed by atoms with E-state index in [0.29, 0.717) is 33.0 Å². The van der Waals surface area contributed by atoms with Crippen LogP contribution in [0.1, 0.15) is 62.5 Å².